The minimum Gasteiger partial charge on any atom is -0.480 e. The van der Waals surface area contributed by atoms with Crippen molar-refractivity contribution < 1.29 is 19.5 Å². The van der Waals surface area contributed by atoms with Gasteiger partial charge in [-0.05, 0) is 25.7 Å². The van der Waals surface area contributed by atoms with Gasteiger partial charge in [-0.1, -0.05) is 13.3 Å². The van der Waals surface area contributed by atoms with E-state index in [1.54, 1.807) is 0 Å². The minimum atomic E-state index is -1.05. The lowest BCUT2D eigenvalue weighted by atomic mass is 10.1. The lowest BCUT2D eigenvalue weighted by molar-refractivity contribution is -0.139. The Morgan fingerprint density at radius 3 is 2.43 bits per heavy atom. The van der Waals surface area contributed by atoms with Crippen LogP contribution in [-0.4, -0.2) is 53.6 Å². The van der Waals surface area contributed by atoms with E-state index in [2.05, 4.69) is 10.6 Å². The largest absolute Gasteiger partial charge is 0.480 e. The number of carboxylic acids is 1. The SMILES string of the molecule is CCCC(NC(=O)NCCC(=O)N1CCCCC1)C(=O)O. The van der Waals surface area contributed by atoms with Gasteiger partial charge in [-0.15, -0.1) is 0 Å². The summed E-state index contributed by atoms with van der Waals surface area (Å²) in [6.45, 7) is 3.66. The number of nitrogens with one attached hydrogen (secondary N) is 2. The number of urea groups is 1. The smallest absolute Gasteiger partial charge is 0.326 e. The van der Waals surface area contributed by atoms with Gasteiger partial charge in [0.25, 0.3) is 0 Å². The molecule has 21 heavy (non-hydrogen) atoms. The predicted molar refractivity (Wildman–Crippen MR) is 77.9 cm³/mol. The van der Waals surface area contributed by atoms with Gasteiger partial charge in [-0.3, -0.25) is 4.79 Å². The standard InChI is InChI=1S/C14H25N3O4/c1-2-6-11(13(19)20)16-14(21)15-8-7-12(18)17-9-4-3-5-10-17/h11H,2-10H2,1H3,(H,19,20)(H2,15,16,21). The van der Waals surface area contributed by atoms with Crippen molar-refractivity contribution >= 4 is 17.9 Å². The quantitative estimate of drug-likeness (QED) is 0.651. The maximum absolute atomic E-state index is 11.9. The number of likely N-dealkylation sites (tertiary alicyclic amines) is 1. The molecule has 0 spiro atoms. The van der Waals surface area contributed by atoms with Gasteiger partial charge >= 0.3 is 12.0 Å². The van der Waals surface area contributed by atoms with Crippen LogP contribution in [0.5, 0.6) is 0 Å². The molecule has 1 atom stereocenters. The molecule has 0 aromatic heterocycles. The number of hydrogen-bond donors (Lipinski definition) is 3. The summed E-state index contributed by atoms with van der Waals surface area (Å²) >= 11 is 0. The first kappa shape index (κ1) is 17.3. The summed E-state index contributed by atoms with van der Waals surface area (Å²) in [5.41, 5.74) is 0. The van der Waals surface area contributed by atoms with Crippen molar-refractivity contribution in [3.05, 3.63) is 0 Å². The highest BCUT2D eigenvalue weighted by Gasteiger charge is 2.19. The van der Waals surface area contributed by atoms with Gasteiger partial charge < -0.3 is 20.6 Å². The normalized spacial score (nSPS) is 16.1. The maximum Gasteiger partial charge on any atom is 0.326 e. The van der Waals surface area contributed by atoms with E-state index in [1.807, 2.05) is 11.8 Å². The lowest BCUT2D eigenvalue weighted by Gasteiger charge is -2.26. The number of piperidine rings is 1. The van der Waals surface area contributed by atoms with Crippen LogP contribution in [-0.2, 0) is 9.59 Å². The number of carboxylic acid groups (broad SMARTS) is 1. The fraction of sp³-hybridized carbons (Fsp3) is 0.786. The molecule has 1 rings (SSSR count). The predicted octanol–water partition coefficient (Wildman–Crippen LogP) is 0.941. The van der Waals surface area contributed by atoms with Gasteiger partial charge in [0.2, 0.25) is 5.91 Å². The molecule has 1 aliphatic rings. The highest BCUT2D eigenvalue weighted by Crippen LogP contribution is 2.09. The third kappa shape index (κ3) is 6.46. The van der Waals surface area contributed by atoms with Crippen LogP contribution in [0, 0.1) is 0 Å². The molecule has 0 radical (unpaired) electrons. The van der Waals surface area contributed by atoms with E-state index in [0.717, 1.165) is 25.9 Å². The summed E-state index contributed by atoms with van der Waals surface area (Å²) in [5.74, 6) is -1.00. The maximum atomic E-state index is 11.9. The number of rotatable bonds is 7. The van der Waals surface area contributed by atoms with Crippen LogP contribution in [0.25, 0.3) is 0 Å². The Hall–Kier alpha value is -1.79. The minimum absolute atomic E-state index is 0.0401. The van der Waals surface area contributed by atoms with Gasteiger partial charge in [0.05, 0.1) is 0 Å². The highest BCUT2D eigenvalue weighted by molar-refractivity contribution is 5.83. The van der Waals surface area contributed by atoms with Crippen LogP contribution < -0.4 is 10.6 Å². The topological polar surface area (TPSA) is 98.7 Å². The van der Waals surface area contributed by atoms with E-state index in [0.29, 0.717) is 12.8 Å². The van der Waals surface area contributed by atoms with Crippen molar-refractivity contribution in [1.29, 1.82) is 0 Å². The zero-order chi connectivity index (χ0) is 15.7. The van der Waals surface area contributed by atoms with E-state index in [1.165, 1.54) is 6.42 Å². The van der Waals surface area contributed by atoms with Gasteiger partial charge in [-0.2, -0.15) is 0 Å². The summed E-state index contributed by atoms with van der Waals surface area (Å²) < 4.78 is 0. The lowest BCUT2D eigenvalue weighted by Crippen LogP contribution is -2.46. The molecule has 0 aromatic rings. The first-order valence-electron chi connectivity index (χ1n) is 7.59. The van der Waals surface area contributed by atoms with Crippen LogP contribution in [0.2, 0.25) is 0 Å². The number of nitrogens with zero attached hydrogens (tertiary/aromatic N) is 1. The molecule has 1 unspecified atom stereocenters. The molecule has 1 fully saturated rings. The van der Waals surface area contributed by atoms with Crippen molar-refractivity contribution in [3.63, 3.8) is 0 Å². The van der Waals surface area contributed by atoms with Gasteiger partial charge in [0.1, 0.15) is 6.04 Å². The molecule has 3 amide bonds. The Labute approximate surface area is 125 Å². The Kier molecular flexibility index (Phi) is 7.56. The molecular weight excluding hydrogens is 274 g/mol. The van der Waals surface area contributed by atoms with Crippen molar-refractivity contribution in [1.82, 2.24) is 15.5 Å². The summed E-state index contributed by atoms with van der Waals surface area (Å²) in [7, 11) is 0. The van der Waals surface area contributed by atoms with Crippen molar-refractivity contribution in [3.8, 4) is 0 Å². The number of carbonyl (C=O) groups excluding carboxylic acids is 2. The summed E-state index contributed by atoms with van der Waals surface area (Å²) in [4.78, 5) is 36.2. The average Bonchev–Trinajstić information content (AvgIpc) is 2.47. The summed E-state index contributed by atoms with van der Waals surface area (Å²) in [6, 6.07) is -1.42. The second-order valence-electron chi connectivity index (χ2n) is 5.27. The summed E-state index contributed by atoms with van der Waals surface area (Å²) in [6.07, 6.45) is 4.55. The number of carbonyl (C=O) groups is 3. The van der Waals surface area contributed by atoms with Crippen molar-refractivity contribution in [2.45, 2.75) is 51.5 Å². The highest BCUT2D eigenvalue weighted by atomic mass is 16.4. The average molecular weight is 299 g/mol. The molecular formula is C14H25N3O4. The van der Waals surface area contributed by atoms with E-state index in [4.69, 9.17) is 5.11 Å². The van der Waals surface area contributed by atoms with Crippen LogP contribution in [0.1, 0.15) is 45.4 Å². The molecule has 3 N–H and O–H groups in total. The first-order chi connectivity index (χ1) is 10.0. The van der Waals surface area contributed by atoms with Crippen molar-refractivity contribution in [2.24, 2.45) is 0 Å². The number of hydrogen-bond acceptors (Lipinski definition) is 3. The third-order valence-electron chi connectivity index (χ3n) is 3.51. The fourth-order valence-electron chi connectivity index (χ4n) is 2.34. The molecule has 1 heterocycles. The molecule has 0 saturated carbocycles. The molecule has 0 bridgehead atoms. The van der Waals surface area contributed by atoms with E-state index in [9.17, 15) is 14.4 Å². The number of amides is 3. The van der Waals surface area contributed by atoms with E-state index < -0.39 is 18.0 Å². The first-order valence-corrected chi connectivity index (χ1v) is 7.59. The fourth-order valence-corrected chi connectivity index (χ4v) is 2.34. The van der Waals surface area contributed by atoms with E-state index in [-0.39, 0.29) is 18.9 Å². The summed E-state index contributed by atoms with van der Waals surface area (Å²) in [5, 5.41) is 13.9. The van der Waals surface area contributed by atoms with Crippen molar-refractivity contribution in [2.75, 3.05) is 19.6 Å². The van der Waals surface area contributed by atoms with Gasteiger partial charge in [-0.25, -0.2) is 9.59 Å². The second-order valence-corrected chi connectivity index (χ2v) is 5.27. The zero-order valence-electron chi connectivity index (χ0n) is 12.6. The molecule has 0 aliphatic carbocycles. The number of aliphatic carboxylic acids is 1. The zero-order valence-corrected chi connectivity index (χ0v) is 12.6. The molecule has 1 saturated heterocycles. The Morgan fingerprint density at radius 2 is 1.86 bits per heavy atom. The Bertz CT molecular complexity index is 367. The molecule has 7 heteroatoms. The van der Waals surface area contributed by atoms with Crippen LogP contribution >= 0.6 is 0 Å². The van der Waals surface area contributed by atoms with Crippen LogP contribution in [0.4, 0.5) is 4.79 Å². The van der Waals surface area contributed by atoms with E-state index >= 15 is 0 Å². The molecule has 7 nitrogen and oxygen atoms in total. The molecule has 0 aromatic carbocycles. The van der Waals surface area contributed by atoms with Crippen LogP contribution in [0.15, 0.2) is 0 Å². The molecule has 1 aliphatic heterocycles. The third-order valence-corrected chi connectivity index (χ3v) is 3.51. The van der Waals surface area contributed by atoms with Crippen LogP contribution in [0.3, 0.4) is 0 Å². The van der Waals surface area contributed by atoms with Gasteiger partial charge in [0.15, 0.2) is 0 Å². The molecule has 120 valence electrons. The monoisotopic (exact) mass is 299 g/mol. The second kappa shape index (κ2) is 9.20. The Morgan fingerprint density at radius 1 is 1.19 bits per heavy atom. The Balaban J connectivity index is 2.22. The van der Waals surface area contributed by atoms with Gasteiger partial charge in [0, 0.05) is 26.1 Å².